The van der Waals surface area contributed by atoms with E-state index >= 15 is 0 Å². The van der Waals surface area contributed by atoms with Gasteiger partial charge in [-0.1, -0.05) is 0 Å². The van der Waals surface area contributed by atoms with Gasteiger partial charge in [-0.25, -0.2) is 18.4 Å². The van der Waals surface area contributed by atoms with Crippen LogP contribution < -0.4 is 5.73 Å². The Labute approximate surface area is 165 Å². The van der Waals surface area contributed by atoms with Crippen LogP contribution in [0.25, 0.3) is 0 Å². The van der Waals surface area contributed by atoms with E-state index in [2.05, 4.69) is 9.97 Å². The molecule has 2 heterocycles. The second-order valence-corrected chi connectivity index (χ2v) is 11.1. The lowest BCUT2D eigenvalue weighted by Gasteiger charge is -2.57. The topological polar surface area (TPSA) is 109 Å². The molecule has 1 aromatic heterocycles. The van der Waals surface area contributed by atoms with Gasteiger partial charge in [0.25, 0.3) is 0 Å². The van der Waals surface area contributed by atoms with Crippen LogP contribution in [0, 0.1) is 23.2 Å². The lowest BCUT2D eigenvalue weighted by molar-refractivity contribution is -0.158. The minimum Gasteiger partial charge on any atom is -0.368 e. The average molecular weight is 406 g/mol. The molecule has 9 heteroatoms. The summed E-state index contributed by atoms with van der Waals surface area (Å²) in [6, 6.07) is 0. The first-order valence-electron chi connectivity index (χ1n) is 10.2. The third-order valence-corrected chi connectivity index (χ3v) is 9.16. The molecule has 0 spiro atoms. The summed E-state index contributed by atoms with van der Waals surface area (Å²) in [7, 11) is -3.66. The summed E-state index contributed by atoms with van der Waals surface area (Å²) in [6.07, 6.45) is 9.53. The first-order valence-corrected chi connectivity index (χ1v) is 11.7. The van der Waals surface area contributed by atoms with Gasteiger partial charge in [0.2, 0.25) is 21.9 Å². The number of hydrogen-bond acceptors (Lipinski definition) is 6. The quantitative estimate of drug-likeness (QED) is 0.807. The number of carbonyl (C=O) groups is 1. The molecule has 0 atom stereocenters. The van der Waals surface area contributed by atoms with Crippen LogP contribution in [-0.4, -0.2) is 59.7 Å². The van der Waals surface area contributed by atoms with E-state index in [4.69, 9.17) is 5.73 Å². The monoisotopic (exact) mass is 405 g/mol. The Bertz CT molecular complexity index is 842. The van der Waals surface area contributed by atoms with E-state index in [0.29, 0.717) is 26.2 Å². The fraction of sp³-hybridized carbons (Fsp3) is 0.737. The van der Waals surface area contributed by atoms with Crippen LogP contribution in [-0.2, 0) is 14.8 Å². The van der Waals surface area contributed by atoms with Crippen molar-refractivity contribution in [2.75, 3.05) is 31.9 Å². The van der Waals surface area contributed by atoms with Gasteiger partial charge in [-0.2, -0.15) is 4.31 Å². The average Bonchev–Trinajstić information content (AvgIpc) is 2.67. The highest BCUT2D eigenvalue weighted by atomic mass is 32.2. The van der Waals surface area contributed by atoms with Crippen LogP contribution in [0.4, 0.5) is 5.95 Å². The van der Waals surface area contributed by atoms with Crippen LogP contribution in [0.2, 0.25) is 0 Å². The number of aromatic nitrogens is 2. The number of carbonyl (C=O) groups excluding carboxylic acids is 1. The Morgan fingerprint density at radius 3 is 1.96 bits per heavy atom. The molecule has 1 aliphatic heterocycles. The highest BCUT2D eigenvalue weighted by Crippen LogP contribution is 2.60. The Morgan fingerprint density at radius 1 is 0.964 bits per heavy atom. The Balaban J connectivity index is 1.27. The molecule has 4 saturated carbocycles. The van der Waals surface area contributed by atoms with Crippen LogP contribution in [0.3, 0.4) is 0 Å². The van der Waals surface area contributed by atoms with Gasteiger partial charge in [-0.3, -0.25) is 4.79 Å². The van der Waals surface area contributed by atoms with Crippen molar-refractivity contribution >= 4 is 21.9 Å². The third-order valence-electron chi connectivity index (χ3n) is 7.30. The number of hydrogen-bond donors (Lipinski definition) is 1. The normalized spacial score (nSPS) is 35.3. The summed E-state index contributed by atoms with van der Waals surface area (Å²) in [5.41, 5.74) is 5.28. The SMILES string of the molecule is Nc1ncc(S(=O)(=O)N2CCN(C(=O)C34CC5CC(CC(C5)C3)C4)CC2)cn1. The summed E-state index contributed by atoms with van der Waals surface area (Å²) in [5.74, 6) is 2.50. The number of rotatable bonds is 3. The smallest absolute Gasteiger partial charge is 0.246 e. The summed E-state index contributed by atoms with van der Waals surface area (Å²) in [4.78, 5) is 23.0. The molecular formula is C19H27N5O3S. The predicted molar refractivity (Wildman–Crippen MR) is 102 cm³/mol. The van der Waals surface area contributed by atoms with Crippen molar-refractivity contribution < 1.29 is 13.2 Å². The second-order valence-electron chi connectivity index (χ2n) is 9.17. The third kappa shape index (κ3) is 2.90. The predicted octanol–water partition coefficient (Wildman–Crippen LogP) is 1.11. The van der Waals surface area contributed by atoms with Gasteiger partial charge >= 0.3 is 0 Å². The first kappa shape index (κ1) is 18.3. The van der Waals surface area contributed by atoms with Crippen molar-refractivity contribution in [3.63, 3.8) is 0 Å². The van der Waals surface area contributed by atoms with Crippen molar-refractivity contribution in [1.29, 1.82) is 0 Å². The lowest BCUT2D eigenvalue weighted by atomic mass is 9.49. The van der Waals surface area contributed by atoms with Crippen molar-refractivity contribution in [1.82, 2.24) is 19.2 Å². The molecule has 0 unspecified atom stereocenters. The van der Waals surface area contributed by atoms with Crippen molar-refractivity contribution in [2.24, 2.45) is 23.2 Å². The highest BCUT2D eigenvalue weighted by Gasteiger charge is 2.55. The number of nitrogen functional groups attached to an aromatic ring is 1. The van der Waals surface area contributed by atoms with E-state index < -0.39 is 10.0 Å². The molecule has 1 aromatic rings. The molecule has 2 N–H and O–H groups in total. The maximum Gasteiger partial charge on any atom is 0.246 e. The second kappa shape index (κ2) is 6.38. The number of piperazine rings is 1. The molecule has 4 bridgehead atoms. The first-order chi connectivity index (χ1) is 13.4. The Kier molecular flexibility index (Phi) is 4.17. The van der Waals surface area contributed by atoms with Gasteiger partial charge in [0.05, 0.1) is 17.8 Å². The zero-order valence-electron chi connectivity index (χ0n) is 16.0. The fourth-order valence-corrected chi connectivity index (χ4v) is 7.76. The van der Waals surface area contributed by atoms with E-state index in [-0.39, 0.29) is 22.2 Å². The molecule has 8 nitrogen and oxygen atoms in total. The van der Waals surface area contributed by atoms with Gasteiger partial charge in [0.15, 0.2) is 0 Å². The van der Waals surface area contributed by atoms with Gasteiger partial charge in [0, 0.05) is 26.2 Å². The van der Waals surface area contributed by atoms with E-state index in [0.717, 1.165) is 37.0 Å². The molecule has 28 heavy (non-hydrogen) atoms. The molecule has 1 amide bonds. The van der Waals surface area contributed by atoms with E-state index in [1.165, 1.54) is 36.0 Å². The number of sulfonamides is 1. The fourth-order valence-electron chi connectivity index (χ4n) is 6.45. The molecule has 0 aromatic carbocycles. The van der Waals surface area contributed by atoms with E-state index in [9.17, 15) is 13.2 Å². The van der Waals surface area contributed by atoms with E-state index in [1.807, 2.05) is 4.90 Å². The van der Waals surface area contributed by atoms with Crippen molar-refractivity contribution in [3.8, 4) is 0 Å². The lowest BCUT2D eigenvalue weighted by Crippen LogP contribution is -2.58. The molecule has 6 rings (SSSR count). The Morgan fingerprint density at radius 2 is 1.46 bits per heavy atom. The van der Waals surface area contributed by atoms with Crippen LogP contribution in [0.1, 0.15) is 38.5 Å². The summed E-state index contributed by atoms with van der Waals surface area (Å²) in [5, 5.41) is 0. The largest absolute Gasteiger partial charge is 0.368 e. The molecular weight excluding hydrogens is 378 g/mol. The summed E-state index contributed by atoms with van der Waals surface area (Å²) in [6.45, 7) is 1.53. The van der Waals surface area contributed by atoms with Crippen LogP contribution in [0.15, 0.2) is 17.3 Å². The number of anilines is 1. The molecule has 5 fully saturated rings. The minimum absolute atomic E-state index is 0.0440. The molecule has 0 radical (unpaired) electrons. The number of nitrogens with two attached hydrogens (primary N) is 1. The number of amides is 1. The highest BCUT2D eigenvalue weighted by molar-refractivity contribution is 7.89. The van der Waals surface area contributed by atoms with Crippen LogP contribution in [0.5, 0.6) is 0 Å². The van der Waals surface area contributed by atoms with Crippen molar-refractivity contribution in [3.05, 3.63) is 12.4 Å². The molecule has 5 aliphatic rings. The number of nitrogens with zero attached hydrogens (tertiary/aromatic N) is 4. The zero-order chi connectivity index (χ0) is 19.5. The van der Waals surface area contributed by atoms with Gasteiger partial charge < -0.3 is 10.6 Å². The van der Waals surface area contributed by atoms with Gasteiger partial charge in [-0.15, -0.1) is 0 Å². The molecule has 1 saturated heterocycles. The molecule has 152 valence electrons. The molecule has 4 aliphatic carbocycles. The zero-order valence-corrected chi connectivity index (χ0v) is 16.8. The Hall–Kier alpha value is -1.74. The van der Waals surface area contributed by atoms with E-state index in [1.54, 1.807) is 0 Å². The van der Waals surface area contributed by atoms with Crippen LogP contribution >= 0.6 is 0 Å². The van der Waals surface area contributed by atoms with Crippen molar-refractivity contribution in [2.45, 2.75) is 43.4 Å². The van der Waals surface area contributed by atoms with Gasteiger partial charge in [-0.05, 0) is 56.3 Å². The summed E-state index contributed by atoms with van der Waals surface area (Å²) >= 11 is 0. The summed E-state index contributed by atoms with van der Waals surface area (Å²) < 4.78 is 27.0. The maximum absolute atomic E-state index is 13.4. The standard InChI is InChI=1S/C19H27N5O3S/c20-18-21-11-16(12-22-18)28(26,27)24-3-1-23(2-4-24)17(25)19-8-13-5-14(9-19)7-15(6-13)10-19/h11-15H,1-10H2,(H2,20,21,22). The minimum atomic E-state index is -3.66. The maximum atomic E-state index is 13.4. The van der Waals surface area contributed by atoms with Gasteiger partial charge in [0.1, 0.15) is 4.90 Å².